The molecule has 1 saturated heterocycles. The zero-order chi connectivity index (χ0) is 13.0. The summed E-state index contributed by atoms with van der Waals surface area (Å²) >= 11 is 0. The van der Waals surface area contributed by atoms with Crippen LogP contribution in [0.25, 0.3) is 0 Å². The first-order valence-corrected chi connectivity index (χ1v) is 7.57. The Bertz CT molecular complexity index is 480. The fourth-order valence-electron chi connectivity index (χ4n) is 1.93. The normalized spacial score (nSPS) is 20.8. The van der Waals surface area contributed by atoms with Crippen LogP contribution >= 0.6 is 0 Å². The summed E-state index contributed by atoms with van der Waals surface area (Å²) in [4.78, 5) is 0. The van der Waals surface area contributed by atoms with Crippen LogP contribution in [0.3, 0.4) is 0 Å². The number of nitrogens with zero attached hydrogens (tertiary/aromatic N) is 2. The van der Waals surface area contributed by atoms with Gasteiger partial charge in [-0.1, -0.05) is 0 Å². The van der Waals surface area contributed by atoms with E-state index in [2.05, 4.69) is 20.2 Å². The van der Waals surface area contributed by atoms with Crippen LogP contribution in [0.5, 0.6) is 0 Å². The lowest BCUT2D eigenvalue weighted by atomic mass is 10.0. The van der Waals surface area contributed by atoms with E-state index in [0.29, 0.717) is 18.2 Å². The van der Waals surface area contributed by atoms with Crippen LogP contribution in [0, 0.1) is 12.8 Å². The Morgan fingerprint density at radius 1 is 1.44 bits per heavy atom. The Labute approximate surface area is 107 Å². The number of hydrogen-bond donors (Lipinski definition) is 2. The van der Waals surface area contributed by atoms with E-state index in [-0.39, 0.29) is 5.03 Å². The predicted octanol–water partition coefficient (Wildman–Crippen LogP) is 0.0629. The van der Waals surface area contributed by atoms with E-state index >= 15 is 0 Å². The standard InChI is InChI=1S/C11H18N4O2S/c1-9-4-5-11(15-14-9)18(16,17)13-8-10-3-2-6-12-7-10/h4-5,10,12-13H,2-3,6-8H2,1H3/t10-/m0/s1. The monoisotopic (exact) mass is 270 g/mol. The summed E-state index contributed by atoms with van der Waals surface area (Å²) in [6.45, 7) is 4.10. The van der Waals surface area contributed by atoms with Crippen molar-refractivity contribution in [3.8, 4) is 0 Å². The van der Waals surface area contributed by atoms with Crippen LogP contribution < -0.4 is 10.0 Å². The highest BCUT2D eigenvalue weighted by Crippen LogP contribution is 2.10. The summed E-state index contributed by atoms with van der Waals surface area (Å²) in [7, 11) is -3.53. The van der Waals surface area contributed by atoms with Gasteiger partial charge >= 0.3 is 0 Å². The summed E-state index contributed by atoms with van der Waals surface area (Å²) in [5, 5.41) is 10.7. The molecule has 1 aromatic heterocycles. The van der Waals surface area contributed by atoms with E-state index in [1.807, 2.05) is 0 Å². The molecule has 1 aromatic rings. The molecule has 0 saturated carbocycles. The lowest BCUT2D eigenvalue weighted by Gasteiger charge is -2.22. The Balaban J connectivity index is 1.96. The van der Waals surface area contributed by atoms with Gasteiger partial charge in [0.2, 0.25) is 0 Å². The minimum Gasteiger partial charge on any atom is -0.316 e. The van der Waals surface area contributed by atoms with Crippen molar-refractivity contribution in [3.05, 3.63) is 17.8 Å². The number of piperidine rings is 1. The molecule has 6 nitrogen and oxygen atoms in total. The Hall–Kier alpha value is -1.05. The molecule has 7 heteroatoms. The Morgan fingerprint density at radius 3 is 2.89 bits per heavy atom. The topological polar surface area (TPSA) is 84.0 Å². The molecule has 0 aromatic carbocycles. The minimum absolute atomic E-state index is 0.0168. The largest absolute Gasteiger partial charge is 0.316 e. The first-order valence-electron chi connectivity index (χ1n) is 6.08. The Kier molecular flexibility index (Phi) is 4.26. The maximum Gasteiger partial charge on any atom is 0.259 e. The van der Waals surface area contributed by atoms with Crippen molar-refractivity contribution in [2.24, 2.45) is 5.92 Å². The van der Waals surface area contributed by atoms with E-state index in [1.165, 1.54) is 6.07 Å². The van der Waals surface area contributed by atoms with Gasteiger partial charge in [-0.3, -0.25) is 0 Å². The van der Waals surface area contributed by atoms with E-state index in [9.17, 15) is 8.42 Å². The van der Waals surface area contributed by atoms with Crippen molar-refractivity contribution in [1.29, 1.82) is 0 Å². The predicted molar refractivity (Wildman–Crippen MR) is 67.6 cm³/mol. The molecule has 0 spiro atoms. The molecule has 0 unspecified atom stereocenters. The second kappa shape index (κ2) is 5.73. The maximum absolute atomic E-state index is 12.0. The van der Waals surface area contributed by atoms with Crippen LogP contribution in [0.2, 0.25) is 0 Å². The molecule has 1 atom stereocenters. The van der Waals surface area contributed by atoms with Crippen LogP contribution in [0.15, 0.2) is 17.2 Å². The van der Waals surface area contributed by atoms with E-state index in [4.69, 9.17) is 0 Å². The Morgan fingerprint density at radius 2 is 2.28 bits per heavy atom. The van der Waals surface area contributed by atoms with Gasteiger partial charge in [-0.2, -0.15) is 5.10 Å². The van der Waals surface area contributed by atoms with Gasteiger partial charge in [-0.25, -0.2) is 13.1 Å². The highest BCUT2D eigenvalue weighted by Gasteiger charge is 2.19. The fourth-order valence-corrected chi connectivity index (χ4v) is 2.93. The fraction of sp³-hybridized carbons (Fsp3) is 0.636. The molecular formula is C11H18N4O2S. The molecule has 2 heterocycles. The number of aryl methyl sites for hydroxylation is 1. The number of rotatable bonds is 4. The highest BCUT2D eigenvalue weighted by atomic mass is 32.2. The van der Waals surface area contributed by atoms with Gasteiger partial charge in [0.05, 0.1) is 5.69 Å². The van der Waals surface area contributed by atoms with Crippen molar-refractivity contribution < 1.29 is 8.42 Å². The quantitative estimate of drug-likeness (QED) is 0.808. The van der Waals surface area contributed by atoms with Crippen molar-refractivity contribution in [1.82, 2.24) is 20.2 Å². The first kappa shape index (κ1) is 13.4. The SMILES string of the molecule is Cc1ccc(S(=O)(=O)NC[C@H]2CCCNC2)nn1. The zero-order valence-electron chi connectivity index (χ0n) is 10.4. The van der Waals surface area contributed by atoms with Crippen molar-refractivity contribution in [3.63, 3.8) is 0 Å². The van der Waals surface area contributed by atoms with Gasteiger partial charge in [-0.15, -0.1) is 5.10 Å². The van der Waals surface area contributed by atoms with Gasteiger partial charge in [-0.05, 0) is 50.9 Å². The van der Waals surface area contributed by atoms with Crippen molar-refractivity contribution in [2.45, 2.75) is 24.8 Å². The third-order valence-electron chi connectivity index (χ3n) is 3.01. The van der Waals surface area contributed by atoms with E-state index in [0.717, 1.165) is 25.9 Å². The second-order valence-electron chi connectivity index (χ2n) is 4.58. The third-order valence-corrected chi connectivity index (χ3v) is 4.32. The lowest BCUT2D eigenvalue weighted by molar-refractivity contribution is 0.375. The summed E-state index contributed by atoms with van der Waals surface area (Å²) in [5.74, 6) is 0.354. The smallest absolute Gasteiger partial charge is 0.259 e. The average Bonchev–Trinajstić information content (AvgIpc) is 2.38. The summed E-state index contributed by atoms with van der Waals surface area (Å²) in [6.07, 6.45) is 2.14. The molecule has 2 rings (SSSR count). The number of aromatic nitrogens is 2. The molecule has 1 aliphatic rings. The van der Waals surface area contributed by atoms with Crippen LogP contribution in [-0.4, -0.2) is 38.2 Å². The molecule has 1 fully saturated rings. The van der Waals surface area contributed by atoms with Crippen LogP contribution in [0.4, 0.5) is 0 Å². The highest BCUT2D eigenvalue weighted by molar-refractivity contribution is 7.89. The minimum atomic E-state index is -3.53. The lowest BCUT2D eigenvalue weighted by Crippen LogP contribution is -2.38. The van der Waals surface area contributed by atoms with Gasteiger partial charge in [0, 0.05) is 6.54 Å². The molecule has 1 aliphatic heterocycles. The molecule has 100 valence electrons. The van der Waals surface area contributed by atoms with Crippen LogP contribution in [0.1, 0.15) is 18.5 Å². The molecule has 0 aliphatic carbocycles. The molecule has 2 N–H and O–H groups in total. The maximum atomic E-state index is 12.0. The van der Waals surface area contributed by atoms with Crippen molar-refractivity contribution in [2.75, 3.05) is 19.6 Å². The third kappa shape index (κ3) is 3.47. The average molecular weight is 270 g/mol. The summed E-state index contributed by atoms with van der Waals surface area (Å²) < 4.78 is 26.5. The number of nitrogens with one attached hydrogen (secondary N) is 2. The van der Waals surface area contributed by atoms with Crippen LogP contribution in [-0.2, 0) is 10.0 Å². The van der Waals surface area contributed by atoms with E-state index < -0.39 is 10.0 Å². The second-order valence-corrected chi connectivity index (χ2v) is 6.29. The number of hydrogen-bond acceptors (Lipinski definition) is 5. The van der Waals surface area contributed by atoms with Gasteiger partial charge < -0.3 is 5.32 Å². The molecule has 0 radical (unpaired) electrons. The molecule has 0 amide bonds. The molecule has 18 heavy (non-hydrogen) atoms. The van der Waals surface area contributed by atoms with Crippen molar-refractivity contribution >= 4 is 10.0 Å². The molecular weight excluding hydrogens is 252 g/mol. The van der Waals surface area contributed by atoms with Gasteiger partial charge in [0.15, 0.2) is 5.03 Å². The zero-order valence-corrected chi connectivity index (χ0v) is 11.2. The van der Waals surface area contributed by atoms with Gasteiger partial charge in [0.1, 0.15) is 0 Å². The summed E-state index contributed by atoms with van der Waals surface area (Å²) in [5.41, 5.74) is 0.699. The summed E-state index contributed by atoms with van der Waals surface area (Å²) in [6, 6.07) is 3.12. The number of sulfonamides is 1. The molecule has 0 bridgehead atoms. The first-order chi connectivity index (χ1) is 8.58. The van der Waals surface area contributed by atoms with E-state index in [1.54, 1.807) is 13.0 Å². The van der Waals surface area contributed by atoms with Gasteiger partial charge in [0.25, 0.3) is 10.0 Å².